The molecule has 5 rings (SSSR count). The summed E-state index contributed by atoms with van der Waals surface area (Å²) in [7, 11) is 0. The van der Waals surface area contributed by atoms with Crippen LogP contribution in [0, 0.1) is 36.5 Å². The monoisotopic (exact) mass is 301 g/mol. The highest BCUT2D eigenvalue weighted by Gasteiger charge is 2.70. The summed E-state index contributed by atoms with van der Waals surface area (Å²) in [6.07, 6.45) is 0.831. The van der Waals surface area contributed by atoms with E-state index in [4.69, 9.17) is 9.36 Å². The molecular formula is C15H15N3O4. The van der Waals surface area contributed by atoms with Crippen LogP contribution in [0.25, 0.3) is 0 Å². The van der Waals surface area contributed by atoms with E-state index in [1.807, 2.05) is 6.92 Å². The molecule has 1 aromatic heterocycles. The first kappa shape index (κ1) is 12.4. The minimum atomic E-state index is -0.301. The molecule has 0 unspecified atom stereocenters. The normalized spacial score (nSPS) is 41.7. The van der Waals surface area contributed by atoms with E-state index in [1.165, 1.54) is 4.90 Å². The topological polar surface area (TPSA) is 85.0 Å². The van der Waals surface area contributed by atoms with Gasteiger partial charge in [0.15, 0.2) is 0 Å². The van der Waals surface area contributed by atoms with E-state index in [-0.39, 0.29) is 53.4 Å². The van der Waals surface area contributed by atoms with Crippen LogP contribution in [0.15, 0.2) is 15.7 Å². The lowest BCUT2D eigenvalue weighted by molar-refractivity contribution is -0.125. The number of hydrogen-bond donors (Lipinski definition) is 0. The van der Waals surface area contributed by atoms with Crippen molar-refractivity contribution in [2.75, 3.05) is 4.90 Å². The van der Waals surface area contributed by atoms with Crippen LogP contribution in [-0.2, 0) is 14.4 Å². The van der Waals surface area contributed by atoms with Gasteiger partial charge in [0.2, 0.25) is 17.7 Å². The van der Waals surface area contributed by atoms with Crippen molar-refractivity contribution in [3.8, 4) is 0 Å². The number of hydrogen-bond acceptors (Lipinski definition) is 6. The Morgan fingerprint density at radius 1 is 1.14 bits per heavy atom. The first-order valence-corrected chi connectivity index (χ1v) is 7.59. The molecule has 4 aliphatic rings. The molecule has 2 bridgehead atoms. The predicted octanol–water partition coefficient (Wildman–Crippen LogP) is 1.13. The van der Waals surface area contributed by atoms with E-state index in [1.54, 1.807) is 13.0 Å². The van der Waals surface area contributed by atoms with Gasteiger partial charge in [0, 0.05) is 17.9 Å². The van der Waals surface area contributed by atoms with Gasteiger partial charge in [0.05, 0.1) is 23.2 Å². The number of carbonyl (C=O) groups is 2. The molecule has 0 N–H and O–H groups in total. The van der Waals surface area contributed by atoms with Crippen molar-refractivity contribution < 1.29 is 18.9 Å². The molecule has 0 aromatic carbocycles. The van der Waals surface area contributed by atoms with Gasteiger partial charge in [0.25, 0.3) is 0 Å². The maximum Gasteiger partial charge on any atom is 0.240 e. The molecule has 0 spiro atoms. The summed E-state index contributed by atoms with van der Waals surface area (Å²) >= 11 is 0. The molecule has 2 aliphatic heterocycles. The summed E-state index contributed by atoms with van der Waals surface area (Å²) in [6.45, 7) is 3.71. The highest BCUT2D eigenvalue weighted by Crippen LogP contribution is 2.61. The third-order valence-corrected chi connectivity index (χ3v) is 5.74. The molecule has 7 heteroatoms. The molecule has 2 aliphatic carbocycles. The lowest BCUT2D eigenvalue weighted by Gasteiger charge is -2.29. The van der Waals surface area contributed by atoms with Crippen molar-refractivity contribution in [2.45, 2.75) is 26.4 Å². The fourth-order valence-electron chi connectivity index (χ4n) is 5.01. The Balaban J connectivity index is 1.55. The molecule has 1 aromatic rings. The molecule has 7 nitrogen and oxygen atoms in total. The van der Waals surface area contributed by atoms with E-state index >= 15 is 0 Å². The van der Waals surface area contributed by atoms with Gasteiger partial charge in [-0.2, -0.15) is 0 Å². The van der Waals surface area contributed by atoms with E-state index < -0.39 is 0 Å². The van der Waals surface area contributed by atoms with Crippen molar-refractivity contribution in [1.29, 1.82) is 0 Å². The van der Waals surface area contributed by atoms with Gasteiger partial charge in [-0.05, 0) is 26.2 Å². The maximum atomic E-state index is 12.8. The Kier molecular flexibility index (Phi) is 2.12. The average molecular weight is 301 g/mol. The van der Waals surface area contributed by atoms with Crippen LogP contribution in [0.3, 0.4) is 0 Å². The third-order valence-electron chi connectivity index (χ3n) is 5.74. The molecule has 3 fully saturated rings. The molecule has 2 amide bonds. The fourth-order valence-corrected chi connectivity index (χ4v) is 5.01. The number of imide groups is 1. The largest absolute Gasteiger partial charge is 0.392 e. The summed E-state index contributed by atoms with van der Waals surface area (Å²) < 4.78 is 5.14. The number of nitrogens with zero attached hydrogens (tertiary/aromatic N) is 3. The Hall–Kier alpha value is -2.18. The zero-order valence-corrected chi connectivity index (χ0v) is 12.2. The maximum absolute atomic E-state index is 12.8. The standard InChI is InChI=1S/C15H15N3O4/c1-5-3-9(21-16-5)18-14(19)11-7-4-8(12(11)15(18)20)13-10(7)6(2)17-22-13/h3,7-8,10-13H,4H2,1-2H3/t7-,8-,10+,11+,12-,13-/m0/s1. The second-order valence-electron chi connectivity index (χ2n) is 6.76. The van der Waals surface area contributed by atoms with Crippen LogP contribution >= 0.6 is 0 Å². The van der Waals surface area contributed by atoms with E-state index in [9.17, 15) is 9.59 Å². The predicted molar refractivity (Wildman–Crippen MR) is 73.8 cm³/mol. The molecule has 6 atom stereocenters. The Morgan fingerprint density at radius 3 is 2.55 bits per heavy atom. The number of rotatable bonds is 1. The first-order chi connectivity index (χ1) is 10.6. The second kappa shape index (κ2) is 3.77. The van der Waals surface area contributed by atoms with Gasteiger partial charge in [0.1, 0.15) is 6.10 Å². The summed E-state index contributed by atoms with van der Waals surface area (Å²) in [5.41, 5.74) is 1.60. The van der Waals surface area contributed by atoms with Gasteiger partial charge < -0.3 is 9.36 Å². The van der Waals surface area contributed by atoms with Crippen molar-refractivity contribution in [2.24, 2.45) is 34.7 Å². The number of oxime groups is 1. The number of carbonyl (C=O) groups excluding carboxylic acids is 2. The molecule has 1 saturated heterocycles. The number of amides is 2. The molecule has 2 saturated carbocycles. The lowest BCUT2D eigenvalue weighted by Crippen LogP contribution is -2.40. The fraction of sp³-hybridized carbons (Fsp3) is 0.600. The quantitative estimate of drug-likeness (QED) is 0.726. The van der Waals surface area contributed by atoms with Crippen molar-refractivity contribution in [3.63, 3.8) is 0 Å². The Labute approximate surface area is 126 Å². The van der Waals surface area contributed by atoms with Crippen LogP contribution in [0.4, 0.5) is 5.88 Å². The highest BCUT2D eigenvalue weighted by molar-refractivity contribution is 6.22. The number of aromatic nitrogens is 1. The van der Waals surface area contributed by atoms with E-state index in [0.29, 0.717) is 5.69 Å². The summed E-state index contributed by atoms with van der Waals surface area (Å²) in [4.78, 5) is 32.3. The Morgan fingerprint density at radius 2 is 1.86 bits per heavy atom. The molecule has 114 valence electrons. The molecular weight excluding hydrogens is 286 g/mol. The van der Waals surface area contributed by atoms with Gasteiger partial charge in [-0.15, -0.1) is 0 Å². The number of anilines is 1. The van der Waals surface area contributed by atoms with Crippen LogP contribution < -0.4 is 4.90 Å². The molecule has 22 heavy (non-hydrogen) atoms. The number of aryl methyl sites for hydroxylation is 1. The highest BCUT2D eigenvalue weighted by atomic mass is 16.6. The van der Waals surface area contributed by atoms with Gasteiger partial charge in [-0.1, -0.05) is 10.3 Å². The van der Waals surface area contributed by atoms with Crippen molar-refractivity contribution >= 4 is 23.4 Å². The first-order valence-electron chi connectivity index (χ1n) is 7.59. The zero-order chi connectivity index (χ0) is 15.2. The summed E-state index contributed by atoms with van der Waals surface area (Å²) in [5.74, 6) is -0.260. The molecule has 3 heterocycles. The minimum Gasteiger partial charge on any atom is -0.392 e. The third kappa shape index (κ3) is 1.24. The Bertz CT molecular complexity index is 739. The van der Waals surface area contributed by atoms with Crippen LogP contribution in [0.2, 0.25) is 0 Å². The second-order valence-corrected chi connectivity index (χ2v) is 6.76. The minimum absolute atomic E-state index is 0.0422. The van der Waals surface area contributed by atoms with Gasteiger partial charge >= 0.3 is 0 Å². The van der Waals surface area contributed by atoms with Crippen LogP contribution in [-0.4, -0.2) is 28.8 Å². The summed E-state index contributed by atoms with van der Waals surface area (Å²) in [5, 5.41) is 7.85. The zero-order valence-electron chi connectivity index (χ0n) is 12.2. The van der Waals surface area contributed by atoms with Crippen LogP contribution in [0.1, 0.15) is 19.0 Å². The number of fused-ring (bicyclic) bond motifs is 8. The van der Waals surface area contributed by atoms with Crippen LogP contribution in [0.5, 0.6) is 0 Å². The molecule has 0 radical (unpaired) electrons. The van der Waals surface area contributed by atoms with Gasteiger partial charge in [-0.3, -0.25) is 9.59 Å². The summed E-state index contributed by atoms with van der Waals surface area (Å²) in [6, 6.07) is 1.63. The van der Waals surface area contributed by atoms with E-state index in [2.05, 4.69) is 10.3 Å². The van der Waals surface area contributed by atoms with Gasteiger partial charge in [-0.25, -0.2) is 4.90 Å². The average Bonchev–Trinajstić information content (AvgIpc) is 3.22. The SMILES string of the molecule is CC1=NO[C@H]2[C@H]3C[C@@H]([C@@H]12)[C@H]1C(=O)N(c2cc(C)no2)C(=O)[C@@H]31. The smallest absolute Gasteiger partial charge is 0.240 e. The van der Waals surface area contributed by atoms with E-state index in [0.717, 1.165) is 12.1 Å². The van der Waals surface area contributed by atoms with Crippen molar-refractivity contribution in [1.82, 2.24) is 5.16 Å². The lowest BCUT2D eigenvalue weighted by atomic mass is 9.72. The van der Waals surface area contributed by atoms with Crippen molar-refractivity contribution in [3.05, 3.63) is 11.8 Å².